The predicted octanol–water partition coefficient (Wildman–Crippen LogP) is 4.05. The van der Waals surface area contributed by atoms with Crippen molar-refractivity contribution >= 4 is 15.9 Å². The number of benzene rings is 1. The average Bonchev–Trinajstić information content (AvgIpc) is 2.33. The zero-order valence-corrected chi connectivity index (χ0v) is 12.8. The van der Waals surface area contributed by atoms with Crippen LogP contribution in [-0.4, -0.2) is 19.3 Å². The highest BCUT2D eigenvalue weighted by Crippen LogP contribution is 2.21. The minimum Gasteiger partial charge on any atom is -0.377 e. The lowest BCUT2D eigenvalue weighted by Crippen LogP contribution is -2.27. The van der Waals surface area contributed by atoms with Gasteiger partial charge < -0.3 is 10.1 Å². The first kappa shape index (κ1) is 15.6. The first-order chi connectivity index (χ1) is 8.54. The second kappa shape index (κ2) is 7.87. The predicted molar refractivity (Wildman–Crippen MR) is 76.2 cm³/mol. The van der Waals surface area contributed by atoms with Gasteiger partial charge in [0.15, 0.2) is 0 Å². The smallest absolute Gasteiger partial charge is 0.137 e. The zero-order valence-electron chi connectivity index (χ0n) is 11.2. The summed E-state index contributed by atoms with van der Waals surface area (Å²) in [5, 5.41) is 3.38. The molecule has 0 aliphatic heterocycles. The van der Waals surface area contributed by atoms with Gasteiger partial charge in [-0.1, -0.05) is 13.0 Å². The van der Waals surface area contributed by atoms with E-state index >= 15 is 0 Å². The van der Waals surface area contributed by atoms with Gasteiger partial charge in [0.05, 0.1) is 23.2 Å². The van der Waals surface area contributed by atoms with Crippen LogP contribution in [0.4, 0.5) is 4.39 Å². The molecule has 0 saturated heterocycles. The second-order valence-corrected chi connectivity index (χ2v) is 5.42. The lowest BCUT2D eigenvalue weighted by atomic mass is 10.1. The SMILES string of the molecule is CCCNC(COC(C)C)c1ccc(Br)c(F)c1. The Morgan fingerprint density at radius 3 is 2.67 bits per heavy atom. The fraction of sp³-hybridized carbons (Fsp3) is 0.571. The average molecular weight is 318 g/mol. The molecule has 0 saturated carbocycles. The summed E-state index contributed by atoms with van der Waals surface area (Å²) in [6.07, 6.45) is 1.22. The topological polar surface area (TPSA) is 21.3 Å². The van der Waals surface area contributed by atoms with E-state index in [1.54, 1.807) is 12.1 Å². The summed E-state index contributed by atoms with van der Waals surface area (Å²) in [6, 6.07) is 5.25. The zero-order chi connectivity index (χ0) is 13.5. The van der Waals surface area contributed by atoms with Gasteiger partial charge in [-0.2, -0.15) is 0 Å². The van der Waals surface area contributed by atoms with Crippen molar-refractivity contribution in [2.24, 2.45) is 0 Å². The summed E-state index contributed by atoms with van der Waals surface area (Å²) in [5.74, 6) is -0.236. The van der Waals surface area contributed by atoms with E-state index < -0.39 is 0 Å². The third-order valence-electron chi connectivity index (χ3n) is 2.58. The van der Waals surface area contributed by atoms with E-state index in [9.17, 15) is 4.39 Å². The fourth-order valence-corrected chi connectivity index (χ4v) is 1.86. The van der Waals surface area contributed by atoms with E-state index in [-0.39, 0.29) is 18.0 Å². The van der Waals surface area contributed by atoms with E-state index in [1.165, 1.54) is 0 Å². The first-order valence-electron chi connectivity index (χ1n) is 6.34. The van der Waals surface area contributed by atoms with Gasteiger partial charge in [0.1, 0.15) is 5.82 Å². The fourth-order valence-electron chi connectivity index (χ4n) is 1.61. The van der Waals surface area contributed by atoms with Crippen molar-refractivity contribution in [3.63, 3.8) is 0 Å². The molecule has 1 rings (SSSR count). The summed E-state index contributed by atoms with van der Waals surface area (Å²) >= 11 is 3.17. The van der Waals surface area contributed by atoms with Gasteiger partial charge in [-0.05, 0) is 60.4 Å². The highest BCUT2D eigenvalue weighted by molar-refractivity contribution is 9.10. The Labute approximate surface area is 117 Å². The van der Waals surface area contributed by atoms with Crippen LogP contribution < -0.4 is 5.32 Å². The molecule has 0 amide bonds. The molecule has 0 radical (unpaired) electrons. The second-order valence-electron chi connectivity index (χ2n) is 4.56. The standard InChI is InChI=1S/C14H21BrFNO/c1-4-7-17-14(9-18-10(2)3)11-5-6-12(15)13(16)8-11/h5-6,8,10,14,17H,4,7,9H2,1-3H3. The molecular formula is C14H21BrFNO. The van der Waals surface area contributed by atoms with Crippen LogP contribution in [0.25, 0.3) is 0 Å². The van der Waals surface area contributed by atoms with Gasteiger partial charge >= 0.3 is 0 Å². The molecule has 0 aliphatic rings. The molecule has 0 bridgehead atoms. The van der Waals surface area contributed by atoms with E-state index in [0.29, 0.717) is 11.1 Å². The van der Waals surface area contributed by atoms with Crippen molar-refractivity contribution in [1.29, 1.82) is 0 Å². The molecule has 0 heterocycles. The third-order valence-corrected chi connectivity index (χ3v) is 3.23. The lowest BCUT2D eigenvalue weighted by molar-refractivity contribution is 0.0611. The van der Waals surface area contributed by atoms with Crippen LogP contribution in [0.15, 0.2) is 22.7 Å². The summed E-state index contributed by atoms with van der Waals surface area (Å²) in [6.45, 7) is 7.55. The maximum Gasteiger partial charge on any atom is 0.137 e. The Balaban J connectivity index is 2.76. The number of ether oxygens (including phenoxy) is 1. The van der Waals surface area contributed by atoms with Crippen LogP contribution in [0.2, 0.25) is 0 Å². The monoisotopic (exact) mass is 317 g/mol. The molecule has 1 N–H and O–H groups in total. The molecule has 0 aliphatic carbocycles. The minimum atomic E-state index is -0.236. The number of halogens is 2. The van der Waals surface area contributed by atoms with Crippen molar-refractivity contribution in [1.82, 2.24) is 5.32 Å². The van der Waals surface area contributed by atoms with Gasteiger partial charge in [-0.3, -0.25) is 0 Å². The Kier molecular flexibility index (Phi) is 6.82. The number of hydrogen-bond acceptors (Lipinski definition) is 2. The molecule has 0 fully saturated rings. The van der Waals surface area contributed by atoms with Gasteiger partial charge in [0.2, 0.25) is 0 Å². The third kappa shape index (κ3) is 5.04. The summed E-state index contributed by atoms with van der Waals surface area (Å²) in [5.41, 5.74) is 0.921. The van der Waals surface area contributed by atoms with Crippen molar-refractivity contribution in [3.8, 4) is 0 Å². The first-order valence-corrected chi connectivity index (χ1v) is 7.13. The van der Waals surface area contributed by atoms with Gasteiger partial charge in [0.25, 0.3) is 0 Å². The summed E-state index contributed by atoms with van der Waals surface area (Å²) in [4.78, 5) is 0. The molecule has 1 aromatic carbocycles. The molecule has 0 spiro atoms. The van der Waals surface area contributed by atoms with Crippen LogP contribution in [0.1, 0.15) is 38.8 Å². The van der Waals surface area contributed by atoms with Gasteiger partial charge in [-0.25, -0.2) is 4.39 Å². The van der Waals surface area contributed by atoms with Crippen LogP contribution >= 0.6 is 15.9 Å². The molecule has 2 nitrogen and oxygen atoms in total. The van der Waals surface area contributed by atoms with Crippen LogP contribution in [-0.2, 0) is 4.74 Å². The van der Waals surface area contributed by atoms with E-state index in [4.69, 9.17) is 4.74 Å². The largest absolute Gasteiger partial charge is 0.377 e. The van der Waals surface area contributed by atoms with E-state index in [2.05, 4.69) is 28.2 Å². The van der Waals surface area contributed by atoms with Crippen molar-refractivity contribution in [2.75, 3.05) is 13.2 Å². The van der Waals surface area contributed by atoms with Crippen molar-refractivity contribution in [3.05, 3.63) is 34.1 Å². The molecular weight excluding hydrogens is 297 g/mol. The molecule has 1 aromatic rings. The Hall–Kier alpha value is -0.450. The Morgan fingerprint density at radius 1 is 1.39 bits per heavy atom. The van der Waals surface area contributed by atoms with E-state index in [1.807, 2.05) is 19.9 Å². The Bertz CT molecular complexity index is 371. The van der Waals surface area contributed by atoms with Crippen molar-refractivity contribution in [2.45, 2.75) is 39.3 Å². The molecule has 1 unspecified atom stereocenters. The molecule has 102 valence electrons. The Morgan fingerprint density at radius 2 is 2.11 bits per heavy atom. The number of hydrogen-bond donors (Lipinski definition) is 1. The van der Waals surface area contributed by atoms with Crippen LogP contribution in [0.5, 0.6) is 0 Å². The highest BCUT2D eigenvalue weighted by Gasteiger charge is 2.13. The maximum atomic E-state index is 13.5. The lowest BCUT2D eigenvalue weighted by Gasteiger charge is -2.20. The summed E-state index contributed by atoms with van der Waals surface area (Å²) in [7, 11) is 0. The van der Waals surface area contributed by atoms with Crippen LogP contribution in [0, 0.1) is 5.82 Å². The molecule has 18 heavy (non-hydrogen) atoms. The maximum absolute atomic E-state index is 13.5. The number of nitrogens with one attached hydrogen (secondary N) is 1. The molecule has 1 atom stereocenters. The molecule has 4 heteroatoms. The van der Waals surface area contributed by atoms with Crippen molar-refractivity contribution < 1.29 is 9.13 Å². The van der Waals surface area contributed by atoms with Gasteiger partial charge in [0, 0.05) is 0 Å². The van der Waals surface area contributed by atoms with Crippen LogP contribution in [0.3, 0.4) is 0 Å². The highest BCUT2D eigenvalue weighted by atomic mass is 79.9. The quantitative estimate of drug-likeness (QED) is 0.819. The summed E-state index contributed by atoms with van der Waals surface area (Å²) < 4.78 is 19.7. The minimum absolute atomic E-state index is 0.0370. The normalized spacial score (nSPS) is 13.0. The number of rotatable bonds is 7. The van der Waals surface area contributed by atoms with Gasteiger partial charge in [-0.15, -0.1) is 0 Å². The molecule has 0 aromatic heterocycles. The van der Waals surface area contributed by atoms with E-state index in [0.717, 1.165) is 18.5 Å².